The highest BCUT2D eigenvalue weighted by molar-refractivity contribution is 6.33. The second-order valence-electron chi connectivity index (χ2n) is 6.40. The van der Waals surface area contributed by atoms with E-state index in [-0.39, 0.29) is 25.5 Å². The molecule has 2 aliphatic rings. The Morgan fingerprint density at radius 3 is 2.62 bits per heavy atom. The number of alkyl carbamates (subject to hydrolysis) is 1. The molecule has 1 fully saturated rings. The first-order chi connectivity index (χ1) is 12.7. The third-order valence-corrected chi connectivity index (χ3v) is 4.81. The van der Waals surface area contributed by atoms with Gasteiger partial charge in [-0.2, -0.15) is 0 Å². The van der Waals surface area contributed by atoms with E-state index >= 15 is 0 Å². The Morgan fingerprint density at radius 2 is 1.85 bits per heavy atom. The molecule has 0 saturated heterocycles. The van der Waals surface area contributed by atoms with Crippen molar-refractivity contribution in [2.24, 2.45) is 0 Å². The summed E-state index contributed by atoms with van der Waals surface area (Å²) in [7, 11) is 0. The smallest absolute Gasteiger partial charge is 0.407 e. The van der Waals surface area contributed by atoms with Crippen LogP contribution < -0.4 is 20.1 Å². The molecule has 1 saturated carbocycles. The number of anilines is 1. The van der Waals surface area contributed by atoms with Crippen LogP contribution >= 0.6 is 11.6 Å². The number of amides is 1. The molecular weight excluding hydrogens is 356 g/mol. The molecule has 1 aliphatic carbocycles. The van der Waals surface area contributed by atoms with Crippen molar-refractivity contribution < 1.29 is 19.0 Å². The molecule has 0 radical (unpaired) electrons. The van der Waals surface area contributed by atoms with Crippen LogP contribution in [0, 0.1) is 0 Å². The number of hydrogen-bond donors (Lipinski definition) is 2. The SMILES string of the molecule is O=C(NC1CC(Nc2cc3c(cc2Cl)OCO3)C1)OCc1ccccc1. The predicted octanol–water partition coefficient (Wildman–Crippen LogP) is 3.94. The van der Waals surface area contributed by atoms with E-state index in [1.54, 1.807) is 6.07 Å². The molecule has 1 aliphatic heterocycles. The van der Waals surface area contributed by atoms with Gasteiger partial charge in [-0.15, -0.1) is 0 Å². The predicted molar refractivity (Wildman–Crippen MR) is 97.8 cm³/mol. The number of fused-ring (bicyclic) bond motifs is 1. The van der Waals surface area contributed by atoms with Crippen LogP contribution in [-0.4, -0.2) is 25.0 Å². The summed E-state index contributed by atoms with van der Waals surface area (Å²) >= 11 is 6.27. The maximum atomic E-state index is 11.9. The van der Waals surface area contributed by atoms with Crippen molar-refractivity contribution in [1.82, 2.24) is 5.32 Å². The summed E-state index contributed by atoms with van der Waals surface area (Å²) in [6.45, 7) is 0.490. The lowest BCUT2D eigenvalue weighted by Gasteiger charge is -2.36. The maximum Gasteiger partial charge on any atom is 0.407 e. The number of carbonyl (C=O) groups is 1. The Kier molecular flexibility index (Phi) is 4.75. The van der Waals surface area contributed by atoms with Gasteiger partial charge in [0.05, 0.1) is 10.7 Å². The summed E-state index contributed by atoms with van der Waals surface area (Å²) in [4.78, 5) is 11.9. The van der Waals surface area contributed by atoms with Gasteiger partial charge in [0, 0.05) is 24.2 Å². The van der Waals surface area contributed by atoms with Crippen molar-refractivity contribution in [1.29, 1.82) is 0 Å². The van der Waals surface area contributed by atoms with Crippen LogP contribution in [0.25, 0.3) is 0 Å². The lowest BCUT2D eigenvalue weighted by molar-refractivity contribution is 0.129. The lowest BCUT2D eigenvalue weighted by atomic mass is 9.86. The van der Waals surface area contributed by atoms with Crippen LogP contribution in [-0.2, 0) is 11.3 Å². The fourth-order valence-electron chi connectivity index (χ4n) is 3.03. The molecule has 1 heterocycles. The minimum Gasteiger partial charge on any atom is -0.454 e. The molecular formula is C19H19ClN2O4. The number of hydrogen-bond acceptors (Lipinski definition) is 5. The normalized spacial score (nSPS) is 20.2. The zero-order chi connectivity index (χ0) is 17.9. The van der Waals surface area contributed by atoms with Gasteiger partial charge in [-0.1, -0.05) is 41.9 Å². The highest BCUT2D eigenvalue weighted by atomic mass is 35.5. The second-order valence-corrected chi connectivity index (χ2v) is 6.81. The molecule has 0 aromatic heterocycles. The van der Waals surface area contributed by atoms with E-state index < -0.39 is 6.09 Å². The molecule has 2 aromatic rings. The standard InChI is InChI=1S/C19H19ClN2O4/c20-15-8-17-18(26-11-25-17)9-16(15)21-13-6-14(7-13)22-19(23)24-10-12-4-2-1-3-5-12/h1-5,8-9,13-14,21H,6-7,10-11H2,(H,22,23). The summed E-state index contributed by atoms with van der Waals surface area (Å²) in [5, 5.41) is 6.85. The van der Waals surface area contributed by atoms with Gasteiger partial charge in [-0.05, 0) is 18.4 Å². The Hall–Kier alpha value is -2.60. The molecule has 136 valence electrons. The number of rotatable bonds is 5. The minimum atomic E-state index is -0.390. The molecule has 6 nitrogen and oxygen atoms in total. The van der Waals surface area contributed by atoms with E-state index in [9.17, 15) is 4.79 Å². The third kappa shape index (κ3) is 3.80. The first kappa shape index (κ1) is 16.8. The number of benzene rings is 2. The van der Waals surface area contributed by atoms with Crippen molar-refractivity contribution in [2.45, 2.75) is 31.5 Å². The summed E-state index contributed by atoms with van der Waals surface area (Å²) in [6.07, 6.45) is 1.23. The molecule has 4 rings (SSSR count). The van der Waals surface area contributed by atoms with Gasteiger partial charge in [0.2, 0.25) is 6.79 Å². The van der Waals surface area contributed by atoms with Gasteiger partial charge in [0.25, 0.3) is 0 Å². The van der Waals surface area contributed by atoms with Crippen LogP contribution in [0.5, 0.6) is 11.5 Å². The average Bonchev–Trinajstić information content (AvgIpc) is 3.06. The zero-order valence-electron chi connectivity index (χ0n) is 14.0. The van der Waals surface area contributed by atoms with Crippen molar-refractivity contribution in [2.75, 3.05) is 12.1 Å². The molecule has 2 N–H and O–H groups in total. The van der Waals surface area contributed by atoms with Crippen LogP contribution in [0.3, 0.4) is 0 Å². The number of nitrogens with one attached hydrogen (secondary N) is 2. The molecule has 0 unspecified atom stereocenters. The van der Waals surface area contributed by atoms with Crippen LogP contribution in [0.2, 0.25) is 5.02 Å². The Labute approximate surface area is 156 Å². The molecule has 1 amide bonds. The highest BCUT2D eigenvalue weighted by Gasteiger charge is 2.31. The first-order valence-electron chi connectivity index (χ1n) is 8.50. The van der Waals surface area contributed by atoms with Gasteiger partial charge in [0.1, 0.15) is 6.61 Å². The van der Waals surface area contributed by atoms with E-state index in [1.807, 2.05) is 36.4 Å². The molecule has 0 bridgehead atoms. The summed E-state index contributed by atoms with van der Waals surface area (Å²) < 4.78 is 15.9. The van der Waals surface area contributed by atoms with E-state index in [2.05, 4.69) is 10.6 Å². The van der Waals surface area contributed by atoms with E-state index in [4.69, 9.17) is 25.8 Å². The van der Waals surface area contributed by atoms with Crippen LogP contribution in [0.15, 0.2) is 42.5 Å². The third-order valence-electron chi connectivity index (χ3n) is 4.49. The molecule has 2 aromatic carbocycles. The Morgan fingerprint density at radius 1 is 1.12 bits per heavy atom. The molecule has 7 heteroatoms. The minimum absolute atomic E-state index is 0.101. The largest absolute Gasteiger partial charge is 0.454 e. The lowest BCUT2D eigenvalue weighted by Crippen LogP contribution is -2.49. The van der Waals surface area contributed by atoms with Crippen LogP contribution in [0.1, 0.15) is 18.4 Å². The highest BCUT2D eigenvalue weighted by Crippen LogP contribution is 2.40. The van der Waals surface area contributed by atoms with Gasteiger partial charge >= 0.3 is 6.09 Å². The van der Waals surface area contributed by atoms with Crippen molar-refractivity contribution in [3.05, 3.63) is 53.1 Å². The van der Waals surface area contributed by atoms with E-state index in [0.717, 1.165) is 24.1 Å². The van der Waals surface area contributed by atoms with Gasteiger partial charge in [-0.25, -0.2) is 4.79 Å². The van der Waals surface area contributed by atoms with E-state index in [1.165, 1.54) is 0 Å². The number of ether oxygens (including phenoxy) is 3. The topological polar surface area (TPSA) is 68.8 Å². The fourth-order valence-corrected chi connectivity index (χ4v) is 3.24. The van der Waals surface area contributed by atoms with Crippen LogP contribution in [0.4, 0.5) is 10.5 Å². The summed E-state index contributed by atoms with van der Waals surface area (Å²) in [5.41, 5.74) is 1.78. The molecule has 0 spiro atoms. The first-order valence-corrected chi connectivity index (χ1v) is 8.88. The number of carbonyl (C=O) groups excluding carboxylic acids is 1. The molecule has 0 atom stereocenters. The summed E-state index contributed by atoms with van der Waals surface area (Å²) in [6, 6.07) is 13.5. The van der Waals surface area contributed by atoms with E-state index in [0.29, 0.717) is 16.5 Å². The quantitative estimate of drug-likeness (QED) is 0.829. The average molecular weight is 375 g/mol. The monoisotopic (exact) mass is 374 g/mol. The maximum absolute atomic E-state index is 11.9. The molecule has 26 heavy (non-hydrogen) atoms. The van der Waals surface area contributed by atoms with Gasteiger partial charge < -0.3 is 24.8 Å². The zero-order valence-corrected chi connectivity index (χ0v) is 14.8. The van der Waals surface area contributed by atoms with Crippen molar-refractivity contribution in [3.8, 4) is 11.5 Å². The Balaban J connectivity index is 1.21. The fraction of sp³-hybridized carbons (Fsp3) is 0.316. The van der Waals surface area contributed by atoms with Gasteiger partial charge in [0.15, 0.2) is 11.5 Å². The van der Waals surface area contributed by atoms with Gasteiger partial charge in [-0.3, -0.25) is 0 Å². The Bertz CT molecular complexity index is 794. The number of halogens is 1. The van der Waals surface area contributed by atoms with Crippen molar-refractivity contribution >= 4 is 23.4 Å². The van der Waals surface area contributed by atoms with Crippen molar-refractivity contribution in [3.63, 3.8) is 0 Å². The summed E-state index contributed by atoms with van der Waals surface area (Å²) in [5.74, 6) is 1.35. The second kappa shape index (κ2) is 7.33.